The van der Waals surface area contributed by atoms with E-state index in [0.717, 1.165) is 12.8 Å². The van der Waals surface area contributed by atoms with Gasteiger partial charge in [-0.15, -0.1) is 11.6 Å². The summed E-state index contributed by atoms with van der Waals surface area (Å²) in [5.41, 5.74) is 0. The topological polar surface area (TPSA) is 48.2 Å². The number of nitrogens with zero attached hydrogens (tertiary/aromatic N) is 2. The molecule has 0 radical (unpaired) electrons. The molecule has 0 spiro atoms. The lowest BCUT2D eigenvalue weighted by atomic mass is 10.3. The van der Waals surface area contributed by atoms with E-state index in [1.165, 1.54) is 0 Å². The van der Waals surface area contributed by atoms with Gasteiger partial charge in [0.1, 0.15) is 6.61 Å². The number of rotatable bonds is 5. The lowest BCUT2D eigenvalue weighted by Crippen LogP contribution is -1.91. The predicted molar refractivity (Wildman–Crippen MR) is 44.1 cm³/mol. The monoisotopic (exact) mass is 190 g/mol. The van der Waals surface area contributed by atoms with Crippen molar-refractivity contribution in [2.45, 2.75) is 19.4 Å². The number of hydrogen-bond acceptors (Lipinski definition) is 4. The van der Waals surface area contributed by atoms with E-state index < -0.39 is 0 Å². The summed E-state index contributed by atoms with van der Waals surface area (Å²) in [6.07, 6.45) is 1.59. The third-order valence-electron chi connectivity index (χ3n) is 1.31. The van der Waals surface area contributed by atoms with Crippen LogP contribution in [0, 0.1) is 0 Å². The normalized spacial score (nSPS) is 10.5. The molecule has 1 aromatic heterocycles. The number of aryl methyl sites for hydroxylation is 1. The SMILES string of the molecule is COCc1noc(CCCCl)n1. The molecular weight excluding hydrogens is 180 g/mol. The maximum absolute atomic E-state index is 5.50. The first kappa shape index (κ1) is 9.48. The van der Waals surface area contributed by atoms with E-state index in [9.17, 15) is 0 Å². The van der Waals surface area contributed by atoms with Crippen molar-refractivity contribution in [3.8, 4) is 0 Å². The van der Waals surface area contributed by atoms with Crippen LogP contribution in [0.15, 0.2) is 4.52 Å². The summed E-state index contributed by atoms with van der Waals surface area (Å²) in [6, 6.07) is 0. The number of ether oxygens (including phenoxy) is 1. The average Bonchev–Trinajstić information content (AvgIpc) is 2.50. The molecule has 0 aromatic carbocycles. The van der Waals surface area contributed by atoms with Gasteiger partial charge in [-0.1, -0.05) is 5.16 Å². The Hall–Kier alpha value is -0.610. The Morgan fingerprint density at radius 1 is 1.58 bits per heavy atom. The van der Waals surface area contributed by atoms with Crippen molar-refractivity contribution >= 4 is 11.6 Å². The highest BCUT2D eigenvalue weighted by atomic mass is 35.5. The molecule has 0 unspecified atom stereocenters. The molecule has 0 aliphatic heterocycles. The van der Waals surface area contributed by atoms with Gasteiger partial charge in [0.15, 0.2) is 5.82 Å². The van der Waals surface area contributed by atoms with Crippen LogP contribution in [0.3, 0.4) is 0 Å². The number of aromatic nitrogens is 2. The Labute approximate surface area is 75.9 Å². The minimum atomic E-state index is 0.393. The van der Waals surface area contributed by atoms with E-state index in [0.29, 0.717) is 24.2 Å². The Kier molecular flexibility index (Phi) is 4.04. The molecule has 0 atom stereocenters. The molecule has 5 heteroatoms. The first-order valence-corrected chi connectivity index (χ1v) is 4.26. The second kappa shape index (κ2) is 5.11. The van der Waals surface area contributed by atoms with E-state index in [4.69, 9.17) is 20.9 Å². The van der Waals surface area contributed by atoms with Gasteiger partial charge >= 0.3 is 0 Å². The number of hydrogen-bond donors (Lipinski definition) is 0. The molecule has 0 aliphatic rings. The molecule has 0 N–H and O–H groups in total. The summed E-state index contributed by atoms with van der Waals surface area (Å²) in [5.74, 6) is 1.83. The molecule has 4 nitrogen and oxygen atoms in total. The molecule has 0 bridgehead atoms. The maximum atomic E-state index is 5.50. The first-order valence-electron chi connectivity index (χ1n) is 3.73. The number of halogens is 1. The average molecular weight is 191 g/mol. The van der Waals surface area contributed by atoms with Crippen LogP contribution >= 0.6 is 11.6 Å². The van der Waals surface area contributed by atoms with Crippen molar-refractivity contribution in [3.63, 3.8) is 0 Å². The highest BCUT2D eigenvalue weighted by molar-refractivity contribution is 6.17. The van der Waals surface area contributed by atoms with Gasteiger partial charge in [0.2, 0.25) is 5.89 Å². The number of alkyl halides is 1. The van der Waals surface area contributed by atoms with Crippen molar-refractivity contribution in [1.29, 1.82) is 0 Å². The van der Waals surface area contributed by atoms with Gasteiger partial charge < -0.3 is 9.26 Å². The summed E-state index contributed by atoms with van der Waals surface area (Å²) in [7, 11) is 1.59. The quantitative estimate of drug-likeness (QED) is 0.659. The molecule has 0 saturated heterocycles. The summed E-state index contributed by atoms with van der Waals surface area (Å²) in [5, 5.41) is 3.70. The lowest BCUT2D eigenvalue weighted by molar-refractivity contribution is 0.174. The maximum Gasteiger partial charge on any atom is 0.226 e. The summed E-state index contributed by atoms with van der Waals surface area (Å²) < 4.78 is 9.75. The predicted octanol–water partition coefficient (Wildman–Crippen LogP) is 1.39. The van der Waals surface area contributed by atoms with Gasteiger partial charge in [0, 0.05) is 19.4 Å². The van der Waals surface area contributed by atoms with E-state index in [1.807, 2.05) is 0 Å². The van der Waals surface area contributed by atoms with Crippen LogP contribution in [-0.2, 0) is 17.8 Å². The fraction of sp³-hybridized carbons (Fsp3) is 0.714. The molecule has 0 aliphatic carbocycles. The van der Waals surface area contributed by atoms with Crippen LogP contribution in [0.25, 0.3) is 0 Å². The van der Waals surface area contributed by atoms with E-state index >= 15 is 0 Å². The zero-order valence-electron chi connectivity index (χ0n) is 6.92. The van der Waals surface area contributed by atoms with Crippen molar-refractivity contribution < 1.29 is 9.26 Å². The van der Waals surface area contributed by atoms with Crippen molar-refractivity contribution in [3.05, 3.63) is 11.7 Å². The minimum Gasteiger partial charge on any atom is -0.377 e. The molecule has 12 heavy (non-hydrogen) atoms. The summed E-state index contributed by atoms with van der Waals surface area (Å²) >= 11 is 5.50. The van der Waals surface area contributed by atoms with Gasteiger partial charge in [-0.05, 0) is 6.42 Å². The lowest BCUT2D eigenvalue weighted by Gasteiger charge is -1.88. The van der Waals surface area contributed by atoms with E-state index in [1.54, 1.807) is 7.11 Å². The number of methoxy groups -OCH3 is 1. The smallest absolute Gasteiger partial charge is 0.226 e. The minimum absolute atomic E-state index is 0.393. The van der Waals surface area contributed by atoms with Gasteiger partial charge in [-0.2, -0.15) is 4.98 Å². The van der Waals surface area contributed by atoms with Gasteiger partial charge in [0.25, 0.3) is 0 Å². The van der Waals surface area contributed by atoms with Crippen molar-refractivity contribution in [1.82, 2.24) is 10.1 Å². The Morgan fingerprint density at radius 2 is 2.42 bits per heavy atom. The van der Waals surface area contributed by atoms with E-state index in [-0.39, 0.29) is 0 Å². The van der Waals surface area contributed by atoms with Gasteiger partial charge in [0.05, 0.1) is 0 Å². The Morgan fingerprint density at radius 3 is 3.08 bits per heavy atom. The molecule has 0 fully saturated rings. The largest absolute Gasteiger partial charge is 0.377 e. The highest BCUT2D eigenvalue weighted by Gasteiger charge is 2.04. The van der Waals surface area contributed by atoms with Crippen LogP contribution in [-0.4, -0.2) is 23.1 Å². The molecular formula is C7H11ClN2O2. The van der Waals surface area contributed by atoms with Crippen LogP contribution in [0.4, 0.5) is 0 Å². The molecule has 0 saturated carbocycles. The molecule has 68 valence electrons. The fourth-order valence-corrected chi connectivity index (χ4v) is 0.931. The third kappa shape index (κ3) is 2.79. The van der Waals surface area contributed by atoms with Gasteiger partial charge in [-0.25, -0.2) is 0 Å². The van der Waals surface area contributed by atoms with Crippen molar-refractivity contribution in [2.75, 3.05) is 13.0 Å². The molecule has 1 rings (SSSR count). The second-order valence-electron chi connectivity index (χ2n) is 2.33. The van der Waals surface area contributed by atoms with Crippen molar-refractivity contribution in [2.24, 2.45) is 0 Å². The molecule has 0 amide bonds. The first-order chi connectivity index (χ1) is 5.86. The molecule has 1 heterocycles. The highest BCUT2D eigenvalue weighted by Crippen LogP contribution is 2.02. The second-order valence-corrected chi connectivity index (χ2v) is 2.71. The molecule has 1 aromatic rings. The van der Waals surface area contributed by atoms with E-state index in [2.05, 4.69) is 10.1 Å². The Balaban J connectivity index is 2.41. The third-order valence-corrected chi connectivity index (χ3v) is 1.58. The van der Waals surface area contributed by atoms with Crippen LogP contribution < -0.4 is 0 Å². The fourth-order valence-electron chi connectivity index (χ4n) is 0.797. The summed E-state index contributed by atoms with van der Waals surface area (Å²) in [6.45, 7) is 0.393. The zero-order valence-corrected chi connectivity index (χ0v) is 7.67. The Bertz CT molecular complexity index is 227. The van der Waals surface area contributed by atoms with Crippen LogP contribution in [0.1, 0.15) is 18.1 Å². The van der Waals surface area contributed by atoms with Crippen LogP contribution in [0.2, 0.25) is 0 Å². The zero-order chi connectivity index (χ0) is 8.81. The van der Waals surface area contributed by atoms with Crippen LogP contribution in [0.5, 0.6) is 0 Å². The van der Waals surface area contributed by atoms with Gasteiger partial charge in [-0.3, -0.25) is 0 Å². The summed E-state index contributed by atoms with van der Waals surface area (Å²) in [4.78, 5) is 4.08. The standard InChI is InChI=1S/C7H11ClN2O2/c1-11-5-6-9-7(12-10-6)3-2-4-8/h2-5H2,1H3.